The van der Waals surface area contributed by atoms with E-state index >= 15 is 0 Å². The van der Waals surface area contributed by atoms with Crippen LogP contribution in [0, 0.1) is 0 Å². The number of carbonyl (C=O) groups excluding carboxylic acids is 1. The predicted molar refractivity (Wildman–Crippen MR) is 102 cm³/mol. The fourth-order valence-electron chi connectivity index (χ4n) is 2.69. The van der Waals surface area contributed by atoms with E-state index in [9.17, 15) is 18.0 Å². The lowest BCUT2D eigenvalue weighted by Gasteiger charge is -2.13. The van der Waals surface area contributed by atoms with Gasteiger partial charge in [0.15, 0.2) is 0 Å². The highest BCUT2D eigenvalue weighted by molar-refractivity contribution is 7.09. The van der Waals surface area contributed by atoms with E-state index in [4.69, 9.17) is 0 Å². The molecule has 1 N–H and O–H groups in total. The van der Waals surface area contributed by atoms with Crippen molar-refractivity contribution in [2.75, 3.05) is 0 Å². The highest BCUT2D eigenvalue weighted by Gasteiger charge is 2.30. The van der Waals surface area contributed by atoms with E-state index in [1.165, 1.54) is 23.5 Å². The van der Waals surface area contributed by atoms with Gasteiger partial charge in [0.05, 0.1) is 17.8 Å². The number of rotatable bonds is 6. The quantitative estimate of drug-likeness (QED) is 0.626. The standard InChI is InChI=1S/C20H18F3N3OS/c1-13(14-2-4-16(5-3-14)20(21,22)23)10-18(27)25-11-19-26-17(12-28-19)15-6-8-24-9-7-15/h2-9,12-13H,10-11H2,1H3,(H,25,27). The number of nitrogens with zero attached hydrogens (tertiary/aromatic N) is 2. The van der Waals surface area contributed by atoms with Crippen LogP contribution in [0.1, 0.15) is 35.4 Å². The summed E-state index contributed by atoms with van der Waals surface area (Å²) in [7, 11) is 0. The maximum absolute atomic E-state index is 12.6. The van der Waals surface area contributed by atoms with E-state index < -0.39 is 11.7 Å². The molecule has 0 bridgehead atoms. The summed E-state index contributed by atoms with van der Waals surface area (Å²) < 4.78 is 37.9. The third-order valence-corrected chi connectivity index (χ3v) is 5.11. The molecule has 1 amide bonds. The molecular weight excluding hydrogens is 387 g/mol. The van der Waals surface area contributed by atoms with Gasteiger partial charge in [-0.15, -0.1) is 11.3 Å². The number of alkyl halides is 3. The van der Waals surface area contributed by atoms with Gasteiger partial charge in [-0.1, -0.05) is 19.1 Å². The molecule has 0 saturated carbocycles. The van der Waals surface area contributed by atoms with Gasteiger partial charge in [0.1, 0.15) is 5.01 Å². The van der Waals surface area contributed by atoms with Crippen LogP contribution >= 0.6 is 11.3 Å². The second-order valence-corrected chi connectivity index (χ2v) is 7.31. The summed E-state index contributed by atoms with van der Waals surface area (Å²) in [4.78, 5) is 20.6. The molecule has 0 aliphatic carbocycles. The summed E-state index contributed by atoms with van der Waals surface area (Å²) in [5, 5.41) is 5.51. The zero-order valence-corrected chi connectivity index (χ0v) is 15.8. The summed E-state index contributed by atoms with van der Waals surface area (Å²) in [5.74, 6) is -0.362. The average Bonchev–Trinajstić information content (AvgIpc) is 3.15. The van der Waals surface area contributed by atoms with Crippen molar-refractivity contribution < 1.29 is 18.0 Å². The molecule has 1 aromatic carbocycles. The van der Waals surface area contributed by atoms with E-state index in [2.05, 4.69) is 15.3 Å². The molecule has 0 saturated heterocycles. The Balaban J connectivity index is 1.52. The van der Waals surface area contributed by atoms with Crippen molar-refractivity contribution in [3.05, 3.63) is 70.3 Å². The summed E-state index contributed by atoms with van der Waals surface area (Å²) >= 11 is 1.45. The highest BCUT2D eigenvalue weighted by atomic mass is 32.1. The summed E-state index contributed by atoms with van der Waals surface area (Å²) in [6, 6.07) is 8.65. The number of halogens is 3. The molecule has 146 valence electrons. The third-order valence-electron chi connectivity index (χ3n) is 4.26. The molecule has 0 radical (unpaired) electrons. The van der Waals surface area contributed by atoms with Crippen molar-refractivity contribution in [1.29, 1.82) is 0 Å². The van der Waals surface area contributed by atoms with Crippen LogP contribution in [0.5, 0.6) is 0 Å². The minimum absolute atomic E-state index is 0.173. The molecule has 2 aromatic heterocycles. The molecule has 0 fully saturated rings. The molecule has 3 aromatic rings. The predicted octanol–water partition coefficient (Wildman–Crippen LogP) is 5.03. The third kappa shape index (κ3) is 5.16. The number of aromatic nitrogens is 2. The number of hydrogen-bond acceptors (Lipinski definition) is 4. The van der Waals surface area contributed by atoms with Crippen LogP contribution in [0.25, 0.3) is 11.3 Å². The zero-order valence-electron chi connectivity index (χ0n) is 15.0. The minimum atomic E-state index is -4.36. The number of nitrogens with one attached hydrogen (secondary N) is 1. The van der Waals surface area contributed by atoms with Crippen LogP contribution in [0.4, 0.5) is 13.2 Å². The minimum Gasteiger partial charge on any atom is -0.350 e. The number of hydrogen-bond donors (Lipinski definition) is 1. The van der Waals surface area contributed by atoms with Crippen molar-refractivity contribution in [3.63, 3.8) is 0 Å². The molecule has 0 spiro atoms. The van der Waals surface area contributed by atoms with Gasteiger partial charge in [-0.05, 0) is 35.7 Å². The van der Waals surface area contributed by atoms with Crippen molar-refractivity contribution >= 4 is 17.2 Å². The fourth-order valence-corrected chi connectivity index (χ4v) is 3.43. The molecule has 2 heterocycles. The molecular formula is C20H18F3N3OS. The maximum Gasteiger partial charge on any atom is 0.416 e. The van der Waals surface area contributed by atoms with E-state index in [0.29, 0.717) is 12.1 Å². The smallest absolute Gasteiger partial charge is 0.350 e. The summed E-state index contributed by atoms with van der Waals surface area (Å²) in [6.45, 7) is 2.13. The lowest BCUT2D eigenvalue weighted by Crippen LogP contribution is -2.24. The molecule has 0 aliphatic heterocycles. The van der Waals surface area contributed by atoms with Crippen LogP contribution < -0.4 is 5.32 Å². The first-order valence-corrected chi connectivity index (χ1v) is 9.49. The zero-order chi connectivity index (χ0) is 20.1. The van der Waals surface area contributed by atoms with Crippen molar-refractivity contribution in [2.45, 2.75) is 32.0 Å². The Kier molecular flexibility index (Phi) is 6.08. The van der Waals surface area contributed by atoms with Crippen LogP contribution in [-0.4, -0.2) is 15.9 Å². The molecule has 0 aliphatic rings. The van der Waals surface area contributed by atoms with Crippen LogP contribution in [-0.2, 0) is 17.5 Å². The number of pyridine rings is 1. The maximum atomic E-state index is 12.6. The van der Waals surface area contributed by atoms with Gasteiger partial charge in [-0.25, -0.2) is 4.98 Å². The van der Waals surface area contributed by atoms with Crippen molar-refractivity contribution in [3.8, 4) is 11.3 Å². The Bertz CT molecular complexity index is 924. The molecule has 8 heteroatoms. The normalized spacial score (nSPS) is 12.6. The van der Waals surface area contributed by atoms with E-state index in [1.807, 2.05) is 24.4 Å². The van der Waals surface area contributed by atoms with Crippen molar-refractivity contribution in [1.82, 2.24) is 15.3 Å². The van der Waals surface area contributed by atoms with Gasteiger partial charge in [0.25, 0.3) is 0 Å². The summed E-state index contributed by atoms with van der Waals surface area (Å²) in [5.41, 5.74) is 1.79. The monoisotopic (exact) mass is 405 g/mol. The highest BCUT2D eigenvalue weighted by Crippen LogP contribution is 2.30. The van der Waals surface area contributed by atoms with Gasteiger partial charge in [0.2, 0.25) is 5.91 Å². The number of benzene rings is 1. The first-order valence-electron chi connectivity index (χ1n) is 8.61. The first-order chi connectivity index (χ1) is 13.3. The van der Waals surface area contributed by atoms with Crippen LogP contribution in [0.2, 0.25) is 0 Å². The average molecular weight is 405 g/mol. The van der Waals surface area contributed by atoms with E-state index in [-0.39, 0.29) is 18.2 Å². The Hall–Kier alpha value is -2.74. The number of carbonyl (C=O) groups is 1. The molecule has 1 unspecified atom stereocenters. The lowest BCUT2D eigenvalue weighted by molar-refractivity contribution is -0.137. The lowest BCUT2D eigenvalue weighted by atomic mass is 9.96. The summed E-state index contributed by atoms with van der Waals surface area (Å²) in [6.07, 6.45) is -0.784. The Morgan fingerprint density at radius 3 is 2.46 bits per heavy atom. The Morgan fingerprint density at radius 1 is 1.14 bits per heavy atom. The fraction of sp³-hybridized carbons (Fsp3) is 0.250. The van der Waals surface area contributed by atoms with Gasteiger partial charge in [0, 0.05) is 29.8 Å². The number of thiazole rings is 1. The largest absolute Gasteiger partial charge is 0.416 e. The van der Waals surface area contributed by atoms with E-state index in [1.54, 1.807) is 12.4 Å². The Morgan fingerprint density at radius 2 is 1.82 bits per heavy atom. The van der Waals surface area contributed by atoms with Gasteiger partial charge >= 0.3 is 6.18 Å². The Labute approximate surface area is 164 Å². The molecule has 1 atom stereocenters. The second kappa shape index (κ2) is 8.52. The van der Waals surface area contributed by atoms with Gasteiger partial charge in [-0.3, -0.25) is 9.78 Å². The van der Waals surface area contributed by atoms with Gasteiger partial charge in [-0.2, -0.15) is 13.2 Å². The second-order valence-electron chi connectivity index (χ2n) is 6.36. The van der Waals surface area contributed by atoms with Gasteiger partial charge < -0.3 is 5.32 Å². The molecule has 4 nitrogen and oxygen atoms in total. The van der Waals surface area contributed by atoms with Crippen LogP contribution in [0.3, 0.4) is 0 Å². The van der Waals surface area contributed by atoms with Crippen LogP contribution in [0.15, 0.2) is 54.2 Å². The molecule has 28 heavy (non-hydrogen) atoms. The van der Waals surface area contributed by atoms with Crippen molar-refractivity contribution in [2.24, 2.45) is 0 Å². The molecule has 3 rings (SSSR count). The topological polar surface area (TPSA) is 54.9 Å². The number of amides is 1. The first kappa shape index (κ1) is 20.0. The van der Waals surface area contributed by atoms with E-state index in [0.717, 1.165) is 28.4 Å². The SMILES string of the molecule is CC(CC(=O)NCc1nc(-c2ccncc2)cs1)c1ccc(C(F)(F)F)cc1.